The molecule has 1 aromatic carbocycles. The van der Waals surface area contributed by atoms with Crippen molar-refractivity contribution in [2.75, 3.05) is 17.3 Å². The minimum Gasteiger partial charge on any atom is -0.494 e. The van der Waals surface area contributed by atoms with Gasteiger partial charge in [-0.2, -0.15) is 0 Å². The first kappa shape index (κ1) is 15.2. The van der Waals surface area contributed by atoms with E-state index < -0.39 is 4.83 Å². The molecule has 0 aliphatic heterocycles. The van der Waals surface area contributed by atoms with Crippen LogP contribution in [-0.2, 0) is 9.59 Å². The quantitative estimate of drug-likeness (QED) is 0.611. The number of nitrogens with one attached hydrogen (secondary N) is 1. The third-order valence-corrected chi connectivity index (χ3v) is 3.56. The molecule has 1 rings (SSSR count). The summed E-state index contributed by atoms with van der Waals surface area (Å²) in [5, 5.41) is 2.78. The third kappa shape index (κ3) is 4.42. The fourth-order valence-electron chi connectivity index (χ4n) is 1.22. The molecule has 4 nitrogen and oxygen atoms in total. The Morgan fingerprint density at radius 2 is 1.94 bits per heavy atom. The molecule has 0 spiro atoms. The molecule has 0 saturated heterocycles. The SMILES string of the molecule is CCOc1ccc(NC(=O)C(Br)C(=O)CBr)cc1. The topological polar surface area (TPSA) is 55.4 Å². The maximum Gasteiger partial charge on any atom is 0.245 e. The highest BCUT2D eigenvalue weighted by Crippen LogP contribution is 2.16. The van der Waals surface area contributed by atoms with Gasteiger partial charge in [0.2, 0.25) is 5.91 Å². The van der Waals surface area contributed by atoms with Gasteiger partial charge < -0.3 is 10.1 Å². The van der Waals surface area contributed by atoms with Crippen LogP contribution >= 0.6 is 31.9 Å². The molecule has 1 atom stereocenters. The number of carbonyl (C=O) groups excluding carboxylic acids is 2. The number of anilines is 1. The molecular weight excluding hydrogens is 366 g/mol. The van der Waals surface area contributed by atoms with Crippen LogP contribution in [0.3, 0.4) is 0 Å². The van der Waals surface area contributed by atoms with Crippen LogP contribution in [0.2, 0.25) is 0 Å². The largest absolute Gasteiger partial charge is 0.494 e. The standard InChI is InChI=1S/C12H13Br2NO3/c1-2-18-9-5-3-8(4-6-9)15-12(17)11(14)10(16)7-13/h3-6,11H,2,7H2,1H3,(H,15,17). The minimum atomic E-state index is -0.844. The first-order valence-corrected chi connectivity index (χ1v) is 7.38. The monoisotopic (exact) mass is 377 g/mol. The van der Waals surface area contributed by atoms with E-state index in [0.717, 1.165) is 5.75 Å². The Balaban J connectivity index is 2.62. The average molecular weight is 379 g/mol. The smallest absolute Gasteiger partial charge is 0.245 e. The number of carbonyl (C=O) groups is 2. The number of ether oxygens (including phenoxy) is 1. The highest BCUT2D eigenvalue weighted by molar-refractivity contribution is 9.10. The maximum absolute atomic E-state index is 11.7. The van der Waals surface area contributed by atoms with E-state index in [1.165, 1.54) is 0 Å². The maximum atomic E-state index is 11.7. The van der Waals surface area contributed by atoms with Gasteiger partial charge in [0.05, 0.1) is 11.9 Å². The minimum absolute atomic E-state index is 0.139. The van der Waals surface area contributed by atoms with E-state index in [4.69, 9.17) is 4.74 Å². The number of rotatable bonds is 6. The molecule has 0 aromatic heterocycles. The van der Waals surface area contributed by atoms with Crippen LogP contribution in [0.25, 0.3) is 0 Å². The molecule has 1 aromatic rings. The fraction of sp³-hybridized carbons (Fsp3) is 0.333. The summed E-state index contributed by atoms with van der Waals surface area (Å²) in [6.07, 6.45) is 0. The van der Waals surface area contributed by atoms with Crippen LogP contribution in [0.1, 0.15) is 6.92 Å². The number of ketones is 1. The predicted molar refractivity (Wildman–Crippen MR) is 77.8 cm³/mol. The Morgan fingerprint density at radius 3 is 2.44 bits per heavy atom. The van der Waals surface area contributed by atoms with Crippen molar-refractivity contribution in [1.82, 2.24) is 0 Å². The van der Waals surface area contributed by atoms with E-state index >= 15 is 0 Å². The summed E-state index contributed by atoms with van der Waals surface area (Å²) in [4.78, 5) is 22.2. The highest BCUT2D eigenvalue weighted by Gasteiger charge is 2.22. The first-order chi connectivity index (χ1) is 8.58. The van der Waals surface area contributed by atoms with E-state index in [0.29, 0.717) is 12.3 Å². The van der Waals surface area contributed by atoms with Crippen LogP contribution in [0.15, 0.2) is 24.3 Å². The van der Waals surface area contributed by atoms with Gasteiger partial charge in [-0.15, -0.1) is 0 Å². The molecule has 0 radical (unpaired) electrons. The number of amides is 1. The molecule has 0 fully saturated rings. The van der Waals surface area contributed by atoms with Gasteiger partial charge in [-0.25, -0.2) is 0 Å². The van der Waals surface area contributed by atoms with Gasteiger partial charge >= 0.3 is 0 Å². The Hall–Kier alpha value is -0.880. The molecule has 0 heterocycles. The Morgan fingerprint density at radius 1 is 1.33 bits per heavy atom. The van der Waals surface area contributed by atoms with E-state index in [-0.39, 0.29) is 17.0 Å². The lowest BCUT2D eigenvalue weighted by atomic mass is 10.2. The van der Waals surface area contributed by atoms with Crippen LogP contribution < -0.4 is 10.1 Å². The highest BCUT2D eigenvalue weighted by atomic mass is 79.9. The van der Waals surface area contributed by atoms with Gasteiger partial charge in [-0.1, -0.05) is 31.9 Å². The average Bonchev–Trinajstić information content (AvgIpc) is 2.39. The number of hydrogen-bond donors (Lipinski definition) is 1. The molecular formula is C12H13Br2NO3. The molecule has 1 amide bonds. The van der Waals surface area contributed by atoms with Gasteiger partial charge in [-0.3, -0.25) is 9.59 Å². The zero-order valence-electron chi connectivity index (χ0n) is 9.78. The molecule has 0 bridgehead atoms. The van der Waals surface area contributed by atoms with Crippen molar-refractivity contribution < 1.29 is 14.3 Å². The molecule has 0 saturated carbocycles. The number of hydrogen-bond acceptors (Lipinski definition) is 3. The second kappa shape index (κ2) is 7.53. The summed E-state index contributed by atoms with van der Waals surface area (Å²) >= 11 is 6.07. The third-order valence-electron chi connectivity index (χ3n) is 2.08. The van der Waals surface area contributed by atoms with Crippen LogP contribution in [0, 0.1) is 0 Å². The van der Waals surface area contributed by atoms with Crippen molar-refractivity contribution in [3.8, 4) is 5.75 Å². The van der Waals surface area contributed by atoms with Crippen molar-refractivity contribution in [1.29, 1.82) is 0 Å². The molecule has 98 valence electrons. The Bertz CT molecular complexity index is 420. The lowest BCUT2D eigenvalue weighted by Crippen LogP contribution is -2.30. The van der Waals surface area contributed by atoms with Crippen molar-refractivity contribution in [2.24, 2.45) is 0 Å². The zero-order chi connectivity index (χ0) is 13.5. The normalized spacial score (nSPS) is 11.7. The summed E-state index contributed by atoms with van der Waals surface area (Å²) in [6, 6.07) is 6.96. The summed E-state index contributed by atoms with van der Waals surface area (Å²) in [5.41, 5.74) is 0.621. The number of alkyl halides is 2. The summed E-state index contributed by atoms with van der Waals surface area (Å²) < 4.78 is 5.29. The van der Waals surface area contributed by atoms with Crippen molar-refractivity contribution in [3.63, 3.8) is 0 Å². The summed E-state index contributed by atoms with van der Waals surface area (Å²) in [7, 11) is 0. The van der Waals surface area contributed by atoms with Crippen molar-refractivity contribution >= 4 is 49.2 Å². The van der Waals surface area contributed by atoms with Crippen molar-refractivity contribution in [3.05, 3.63) is 24.3 Å². The summed E-state index contributed by atoms with van der Waals surface area (Å²) in [6.45, 7) is 2.49. The van der Waals surface area contributed by atoms with E-state index in [2.05, 4.69) is 37.2 Å². The lowest BCUT2D eigenvalue weighted by Gasteiger charge is -2.09. The number of benzene rings is 1. The fourth-order valence-corrected chi connectivity index (χ4v) is 2.26. The first-order valence-electron chi connectivity index (χ1n) is 5.35. The predicted octanol–water partition coefficient (Wildman–Crippen LogP) is 2.75. The molecule has 18 heavy (non-hydrogen) atoms. The van der Waals surface area contributed by atoms with Gasteiger partial charge in [0.25, 0.3) is 0 Å². The van der Waals surface area contributed by atoms with Crippen LogP contribution in [0.4, 0.5) is 5.69 Å². The van der Waals surface area contributed by atoms with Gasteiger partial charge in [-0.05, 0) is 31.2 Å². The van der Waals surface area contributed by atoms with E-state index in [1.807, 2.05) is 6.92 Å². The molecule has 6 heteroatoms. The Labute approximate surface area is 122 Å². The Kier molecular flexibility index (Phi) is 6.35. The number of halogens is 2. The number of Topliss-reactive ketones (excluding diaryl/α,β-unsaturated/α-hetero) is 1. The van der Waals surface area contributed by atoms with Crippen molar-refractivity contribution in [2.45, 2.75) is 11.8 Å². The molecule has 1 N–H and O–H groups in total. The second-order valence-corrected chi connectivity index (χ2v) is 4.89. The second-order valence-electron chi connectivity index (χ2n) is 3.41. The lowest BCUT2D eigenvalue weighted by molar-refractivity contribution is -0.123. The molecule has 1 unspecified atom stereocenters. The van der Waals surface area contributed by atoms with Gasteiger partial charge in [0.1, 0.15) is 5.75 Å². The van der Waals surface area contributed by atoms with Crippen LogP contribution in [0.5, 0.6) is 5.75 Å². The van der Waals surface area contributed by atoms with E-state index in [9.17, 15) is 9.59 Å². The van der Waals surface area contributed by atoms with Crippen LogP contribution in [-0.4, -0.2) is 28.5 Å². The molecule has 0 aliphatic rings. The van der Waals surface area contributed by atoms with Gasteiger partial charge in [0, 0.05) is 5.69 Å². The molecule has 0 aliphatic carbocycles. The zero-order valence-corrected chi connectivity index (χ0v) is 13.0. The van der Waals surface area contributed by atoms with E-state index in [1.54, 1.807) is 24.3 Å². The summed E-state index contributed by atoms with van der Waals surface area (Å²) in [5.74, 6) is 0.129. The van der Waals surface area contributed by atoms with Gasteiger partial charge in [0.15, 0.2) is 10.6 Å².